The number of ketones is 2. The molecule has 1 aliphatic heterocycles. The zero-order valence-corrected chi connectivity index (χ0v) is 20.3. The molecule has 4 aliphatic rings. The van der Waals surface area contributed by atoms with Crippen molar-refractivity contribution in [1.29, 1.82) is 0 Å². The smallest absolute Gasteiger partial charge is 0.293 e. The first-order chi connectivity index (χ1) is 16.1. The molecule has 0 amide bonds. The van der Waals surface area contributed by atoms with Gasteiger partial charge in [0.2, 0.25) is 0 Å². The highest BCUT2D eigenvalue weighted by molar-refractivity contribution is 5.97. The SMILES string of the molecule is CC(=O)C(C)CC(OC=O)C(C)c1ccc2c(c1)CCC1C2C2OC2C2(O)CC=CC(=O)C12C. The summed E-state index contributed by atoms with van der Waals surface area (Å²) in [5.41, 5.74) is 1.53. The van der Waals surface area contributed by atoms with Gasteiger partial charge in [-0.25, -0.2) is 0 Å². The summed E-state index contributed by atoms with van der Waals surface area (Å²) in [6, 6.07) is 6.41. The third-order valence-corrected chi connectivity index (χ3v) is 9.48. The summed E-state index contributed by atoms with van der Waals surface area (Å²) in [5.74, 6) is -0.0412. The second kappa shape index (κ2) is 8.13. The Hall–Kier alpha value is -2.31. The summed E-state index contributed by atoms with van der Waals surface area (Å²) in [5, 5.41) is 11.6. The Morgan fingerprint density at radius 1 is 1.35 bits per heavy atom. The van der Waals surface area contributed by atoms with E-state index < -0.39 is 11.0 Å². The van der Waals surface area contributed by atoms with Crippen LogP contribution in [0.2, 0.25) is 0 Å². The molecule has 0 aromatic heterocycles. The monoisotopic (exact) mass is 466 g/mol. The van der Waals surface area contributed by atoms with Crippen LogP contribution in [0.5, 0.6) is 0 Å². The minimum absolute atomic E-state index is 0.00679. The molecule has 6 nitrogen and oxygen atoms in total. The topological polar surface area (TPSA) is 93.2 Å². The minimum atomic E-state index is -1.14. The van der Waals surface area contributed by atoms with Crippen LogP contribution in [0.15, 0.2) is 30.4 Å². The second-order valence-electron chi connectivity index (χ2n) is 11.1. The zero-order chi connectivity index (χ0) is 24.4. The predicted molar refractivity (Wildman–Crippen MR) is 125 cm³/mol. The second-order valence-corrected chi connectivity index (χ2v) is 11.1. The Labute approximate surface area is 200 Å². The van der Waals surface area contributed by atoms with E-state index >= 15 is 0 Å². The van der Waals surface area contributed by atoms with Gasteiger partial charge in [0, 0.05) is 17.8 Å². The molecule has 0 radical (unpaired) electrons. The highest BCUT2D eigenvalue weighted by Gasteiger charge is 2.75. The van der Waals surface area contributed by atoms with Crippen molar-refractivity contribution in [3.05, 3.63) is 47.0 Å². The van der Waals surface area contributed by atoms with Gasteiger partial charge in [-0.15, -0.1) is 0 Å². The molecular formula is C28H34O6. The summed E-state index contributed by atoms with van der Waals surface area (Å²) in [4.78, 5) is 36.1. The van der Waals surface area contributed by atoms with Crippen LogP contribution < -0.4 is 0 Å². The molecule has 1 saturated carbocycles. The summed E-state index contributed by atoms with van der Waals surface area (Å²) < 4.78 is 11.5. The molecule has 5 rings (SSSR count). The molecule has 1 N–H and O–H groups in total. The average Bonchev–Trinajstić information content (AvgIpc) is 3.61. The molecule has 9 unspecified atom stereocenters. The van der Waals surface area contributed by atoms with Gasteiger partial charge in [-0.2, -0.15) is 0 Å². The normalized spacial score (nSPS) is 37.9. The van der Waals surface area contributed by atoms with Crippen LogP contribution in [0.25, 0.3) is 0 Å². The van der Waals surface area contributed by atoms with Crippen LogP contribution >= 0.6 is 0 Å². The molecular weight excluding hydrogens is 432 g/mol. The third-order valence-electron chi connectivity index (χ3n) is 9.48. The molecule has 3 aliphatic carbocycles. The van der Waals surface area contributed by atoms with E-state index in [0.29, 0.717) is 19.3 Å². The standard InChI is InChI=1S/C28H34O6/c1-15(17(3)30)12-22(33-14-29)16(2)18-7-9-20-19(13-18)8-10-21-24(20)25-26(34-25)28(32)11-5-6-23(31)27(21,28)4/h5-7,9,13-16,21-22,24-26,32H,8,10-12H2,1-4H3. The molecule has 6 heteroatoms. The van der Waals surface area contributed by atoms with E-state index in [4.69, 9.17) is 9.47 Å². The summed E-state index contributed by atoms with van der Waals surface area (Å²) in [7, 11) is 0. The molecule has 9 atom stereocenters. The Morgan fingerprint density at radius 2 is 2.12 bits per heavy atom. The lowest BCUT2D eigenvalue weighted by atomic mass is 9.48. The number of aryl methyl sites for hydroxylation is 1. The van der Waals surface area contributed by atoms with Gasteiger partial charge in [-0.05, 0) is 68.2 Å². The highest BCUT2D eigenvalue weighted by atomic mass is 16.6. The van der Waals surface area contributed by atoms with Crippen LogP contribution in [0.4, 0.5) is 0 Å². The average molecular weight is 467 g/mol. The van der Waals surface area contributed by atoms with E-state index in [1.807, 2.05) is 20.8 Å². The quantitative estimate of drug-likeness (QED) is 0.487. The largest absolute Gasteiger partial charge is 0.464 e. The first kappa shape index (κ1) is 23.4. The van der Waals surface area contributed by atoms with Crippen molar-refractivity contribution in [1.82, 2.24) is 0 Å². The Morgan fingerprint density at radius 3 is 2.82 bits per heavy atom. The molecule has 1 aromatic carbocycles. The summed E-state index contributed by atoms with van der Waals surface area (Å²) in [6.07, 6.45) is 5.26. The van der Waals surface area contributed by atoms with E-state index in [1.54, 1.807) is 19.1 Å². The van der Waals surface area contributed by atoms with E-state index in [0.717, 1.165) is 18.4 Å². The van der Waals surface area contributed by atoms with E-state index in [-0.39, 0.29) is 53.6 Å². The van der Waals surface area contributed by atoms with E-state index in [2.05, 4.69) is 18.2 Å². The van der Waals surface area contributed by atoms with Crippen LogP contribution in [-0.4, -0.2) is 47.1 Å². The van der Waals surface area contributed by atoms with Crippen molar-refractivity contribution in [2.45, 2.75) is 89.1 Å². The maximum absolute atomic E-state index is 13.1. The number of carbonyl (C=O) groups is 3. The van der Waals surface area contributed by atoms with Gasteiger partial charge in [-0.1, -0.05) is 38.1 Å². The van der Waals surface area contributed by atoms with Gasteiger partial charge in [0.05, 0.1) is 11.5 Å². The van der Waals surface area contributed by atoms with E-state index in [1.165, 1.54) is 11.1 Å². The maximum Gasteiger partial charge on any atom is 0.293 e. The van der Waals surface area contributed by atoms with E-state index in [9.17, 15) is 19.5 Å². The number of aliphatic hydroxyl groups is 1. The maximum atomic E-state index is 13.1. The molecule has 182 valence electrons. The van der Waals surface area contributed by atoms with Gasteiger partial charge < -0.3 is 14.6 Å². The van der Waals surface area contributed by atoms with Crippen LogP contribution in [0.3, 0.4) is 0 Å². The van der Waals surface area contributed by atoms with Crippen LogP contribution in [0, 0.1) is 17.3 Å². The van der Waals surface area contributed by atoms with Crippen molar-refractivity contribution in [2.75, 3.05) is 0 Å². The fourth-order valence-electron chi connectivity index (χ4n) is 7.03. The lowest BCUT2D eigenvalue weighted by molar-refractivity contribution is -0.164. The number of fused-ring (bicyclic) bond motifs is 8. The Balaban J connectivity index is 1.45. The van der Waals surface area contributed by atoms with Crippen molar-refractivity contribution >= 4 is 18.0 Å². The molecule has 0 spiro atoms. The Bertz CT molecular complexity index is 1060. The lowest BCUT2D eigenvalue weighted by Crippen LogP contribution is -2.65. The molecule has 1 aromatic rings. The molecule has 2 fully saturated rings. The summed E-state index contributed by atoms with van der Waals surface area (Å²) >= 11 is 0. The van der Waals surface area contributed by atoms with Crippen molar-refractivity contribution < 1.29 is 29.0 Å². The molecule has 0 bridgehead atoms. The first-order valence-electron chi connectivity index (χ1n) is 12.4. The number of hydrogen-bond donors (Lipinski definition) is 1. The number of epoxide rings is 1. The number of allylic oxidation sites excluding steroid dienone is 1. The van der Waals surface area contributed by atoms with Crippen molar-refractivity contribution in [3.8, 4) is 0 Å². The minimum Gasteiger partial charge on any atom is -0.464 e. The van der Waals surface area contributed by atoms with Gasteiger partial charge in [0.25, 0.3) is 6.47 Å². The number of carbonyl (C=O) groups excluding carboxylic acids is 3. The number of hydrogen-bond acceptors (Lipinski definition) is 6. The fraction of sp³-hybridized carbons (Fsp3) is 0.607. The van der Waals surface area contributed by atoms with Crippen LogP contribution in [0.1, 0.15) is 75.5 Å². The number of ether oxygens (including phenoxy) is 2. The third kappa shape index (κ3) is 3.25. The summed E-state index contributed by atoms with van der Waals surface area (Å²) in [6.45, 7) is 7.87. The first-order valence-corrected chi connectivity index (χ1v) is 12.4. The highest BCUT2D eigenvalue weighted by Crippen LogP contribution is 2.66. The predicted octanol–water partition coefficient (Wildman–Crippen LogP) is 3.64. The fourth-order valence-corrected chi connectivity index (χ4v) is 7.03. The van der Waals surface area contributed by atoms with Gasteiger partial charge in [0.15, 0.2) is 5.78 Å². The van der Waals surface area contributed by atoms with Crippen molar-refractivity contribution in [2.24, 2.45) is 17.3 Å². The van der Waals surface area contributed by atoms with Gasteiger partial charge >= 0.3 is 0 Å². The molecule has 1 heterocycles. The zero-order valence-electron chi connectivity index (χ0n) is 20.3. The molecule has 34 heavy (non-hydrogen) atoms. The van der Waals surface area contributed by atoms with Gasteiger partial charge in [-0.3, -0.25) is 14.4 Å². The number of rotatable bonds is 7. The molecule has 1 saturated heterocycles. The van der Waals surface area contributed by atoms with Crippen LogP contribution in [-0.2, 0) is 30.3 Å². The lowest BCUT2D eigenvalue weighted by Gasteiger charge is -2.55. The number of benzene rings is 1. The number of Topliss-reactive ketones (excluding diaryl/α,β-unsaturated/α-hetero) is 1. The van der Waals surface area contributed by atoms with Crippen molar-refractivity contribution in [3.63, 3.8) is 0 Å². The Kier molecular flexibility index (Phi) is 5.60. The van der Waals surface area contributed by atoms with Gasteiger partial charge in [0.1, 0.15) is 23.6 Å².